The Balaban J connectivity index is 2.46. The fourth-order valence-electron chi connectivity index (χ4n) is 0.867. The van der Waals surface area contributed by atoms with Crippen molar-refractivity contribution >= 4 is 6.29 Å². The SMILES string of the molecule is O=CCn1cc(CCCF)nn1. The number of hydrogen-bond acceptors (Lipinski definition) is 3. The van der Waals surface area contributed by atoms with E-state index in [9.17, 15) is 9.18 Å². The van der Waals surface area contributed by atoms with Crippen molar-refractivity contribution in [1.29, 1.82) is 0 Å². The van der Waals surface area contributed by atoms with Gasteiger partial charge in [-0.1, -0.05) is 5.21 Å². The molecule has 0 bridgehead atoms. The monoisotopic (exact) mass is 171 g/mol. The maximum Gasteiger partial charge on any atom is 0.141 e. The summed E-state index contributed by atoms with van der Waals surface area (Å²) in [5, 5.41) is 7.43. The van der Waals surface area contributed by atoms with Gasteiger partial charge in [0.15, 0.2) is 0 Å². The molecule has 0 unspecified atom stereocenters. The fraction of sp³-hybridized carbons (Fsp3) is 0.571. The molecule has 1 heterocycles. The first-order valence-corrected chi connectivity index (χ1v) is 3.75. The first-order chi connectivity index (χ1) is 5.86. The highest BCUT2D eigenvalue weighted by atomic mass is 19.1. The number of halogens is 1. The van der Waals surface area contributed by atoms with Gasteiger partial charge in [0.25, 0.3) is 0 Å². The predicted molar refractivity (Wildman–Crippen MR) is 40.4 cm³/mol. The molecular weight excluding hydrogens is 161 g/mol. The van der Waals surface area contributed by atoms with E-state index in [1.807, 2.05) is 0 Å². The summed E-state index contributed by atoms with van der Waals surface area (Å²) < 4.78 is 13.2. The molecule has 0 aliphatic carbocycles. The molecule has 0 amide bonds. The van der Waals surface area contributed by atoms with Gasteiger partial charge in [0.05, 0.1) is 18.9 Å². The summed E-state index contributed by atoms with van der Waals surface area (Å²) in [7, 11) is 0. The third kappa shape index (κ3) is 2.41. The summed E-state index contributed by atoms with van der Waals surface area (Å²) in [5.41, 5.74) is 0.731. The lowest BCUT2D eigenvalue weighted by Crippen LogP contribution is -1.98. The molecule has 12 heavy (non-hydrogen) atoms. The van der Waals surface area contributed by atoms with Gasteiger partial charge in [-0.15, -0.1) is 5.10 Å². The molecule has 0 aromatic carbocycles. The number of rotatable bonds is 5. The Labute approximate surface area is 69.4 Å². The molecule has 0 spiro atoms. The van der Waals surface area contributed by atoms with Crippen molar-refractivity contribution in [2.24, 2.45) is 0 Å². The Kier molecular flexibility index (Phi) is 3.37. The standard InChI is InChI=1S/C7H10FN3O/c8-3-1-2-7-6-11(4-5-12)10-9-7/h5-6H,1-4H2. The first-order valence-electron chi connectivity index (χ1n) is 3.75. The molecule has 66 valence electrons. The predicted octanol–water partition coefficient (Wildman–Crippen LogP) is 0.379. The lowest BCUT2D eigenvalue weighted by atomic mass is 10.3. The van der Waals surface area contributed by atoms with Gasteiger partial charge in [0, 0.05) is 6.20 Å². The van der Waals surface area contributed by atoms with E-state index >= 15 is 0 Å². The minimum Gasteiger partial charge on any atom is -0.301 e. The number of carbonyl (C=O) groups is 1. The van der Waals surface area contributed by atoms with Crippen LogP contribution in [0.1, 0.15) is 12.1 Å². The zero-order valence-electron chi connectivity index (χ0n) is 6.61. The van der Waals surface area contributed by atoms with E-state index in [4.69, 9.17) is 0 Å². The maximum absolute atomic E-state index is 11.7. The van der Waals surface area contributed by atoms with E-state index in [1.165, 1.54) is 4.68 Å². The van der Waals surface area contributed by atoms with Gasteiger partial charge in [0.2, 0.25) is 0 Å². The number of alkyl halides is 1. The van der Waals surface area contributed by atoms with Crippen molar-refractivity contribution in [2.75, 3.05) is 6.67 Å². The number of hydrogen-bond donors (Lipinski definition) is 0. The Morgan fingerprint density at radius 1 is 1.67 bits per heavy atom. The van der Waals surface area contributed by atoms with Crippen LogP contribution in [0.5, 0.6) is 0 Å². The number of aryl methyl sites for hydroxylation is 1. The van der Waals surface area contributed by atoms with Gasteiger partial charge >= 0.3 is 0 Å². The summed E-state index contributed by atoms with van der Waals surface area (Å²) >= 11 is 0. The Bertz CT molecular complexity index is 249. The van der Waals surface area contributed by atoms with Crippen LogP contribution in [-0.4, -0.2) is 28.0 Å². The third-order valence-electron chi connectivity index (χ3n) is 1.41. The van der Waals surface area contributed by atoms with Crippen LogP contribution in [0.25, 0.3) is 0 Å². The number of carbonyl (C=O) groups excluding carboxylic acids is 1. The Morgan fingerprint density at radius 2 is 2.50 bits per heavy atom. The van der Waals surface area contributed by atoms with Crippen LogP contribution < -0.4 is 0 Å². The summed E-state index contributed by atoms with van der Waals surface area (Å²) in [5.74, 6) is 0. The zero-order chi connectivity index (χ0) is 8.81. The van der Waals surface area contributed by atoms with Gasteiger partial charge in [-0.05, 0) is 12.8 Å². The highest BCUT2D eigenvalue weighted by Gasteiger charge is 1.98. The molecule has 1 aromatic rings. The van der Waals surface area contributed by atoms with E-state index in [1.54, 1.807) is 6.20 Å². The van der Waals surface area contributed by atoms with Crippen molar-refractivity contribution < 1.29 is 9.18 Å². The smallest absolute Gasteiger partial charge is 0.141 e. The summed E-state index contributed by atoms with van der Waals surface area (Å²) in [6.07, 6.45) is 3.44. The summed E-state index contributed by atoms with van der Waals surface area (Å²) in [4.78, 5) is 10.0. The number of aldehydes is 1. The second-order valence-corrected chi connectivity index (χ2v) is 2.39. The highest BCUT2D eigenvalue weighted by Crippen LogP contribution is 1.97. The molecule has 0 saturated heterocycles. The molecule has 0 aliphatic heterocycles. The van der Waals surface area contributed by atoms with Crippen LogP contribution >= 0.6 is 0 Å². The summed E-state index contributed by atoms with van der Waals surface area (Å²) in [6.45, 7) is -0.136. The second-order valence-electron chi connectivity index (χ2n) is 2.39. The van der Waals surface area contributed by atoms with Crippen LogP contribution in [-0.2, 0) is 17.8 Å². The molecule has 0 fully saturated rings. The van der Waals surface area contributed by atoms with Gasteiger partial charge in [-0.2, -0.15) is 0 Å². The van der Waals surface area contributed by atoms with E-state index in [0.717, 1.165) is 12.0 Å². The van der Waals surface area contributed by atoms with E-state index < -0.39 is 0 Å². The Hall–Kier alpha value is -1.26. The average Bonchev–Trinajstić information content (AvgIpc) is 2.50. The van der Waals surface area contributed by atoms with E-state index in [-0.39, 0.29) is 13.2 Å². The minimum atomic E-state index is -0.347. The largest absolute Gasteiger partial charge is 0.301 e. The van der Waals surface area contributed by atoms with Crippen molar-refractivity contribution in [3.05, 3.63) is 11.9 Å². The maximum atomic E-state index is 11.7. The molecule has 0 aliphatic rings. The lowest BCUT2D eigenvalue weighted by molar-refractivity contribution is -0.108. The van der Waals surface area contributed by atoms with Crippen LogP contribution in [0, 0.1) is 0 Å². The topological polar surface area (TPSA) is 47.8 Å². The fourth-order valence-corrected chi connectivity index (χ4v) is 0.867. The van der Waals surface area contributed by atoms with Gasteiger partial charge < -0.3 is 4.79 Å². The number of aromatic nitrogens is 3. The molecule has 0 N–H and O–H groups in total. The van der Waals surface area contributed by atoms with E-state index in [0.29, 0.717) is 12.8 Å². The highest BCUT2D eigenvalue weighted by molar-refractivity contribution is 5.48. The van der Waals surface area contributed by atoms with Crippen molar-refractivity contribution in [1.82, 2.24) is 15.0 Å². The molecule has 1 aromatic heterocycles. The molecule has 0 atom stereocenters. The molecule has 0 saturated carbocycles. The molecule has 4 nitrogen and oxygen atoms in total. The molecule has 0 radical (unpaired) electrons. The van der Waals surface area contributed by atoms with Crippen LogP contribution in [0.15, 0.2) is 6.20 Å². The van der Waals surface area contributed by atoms with Gasteiger partial charge in [-0.3, -0.25) is 4.39 Å². The third-order valence-corrected chi connectivity index (χ3v) is 1.41. The lowest BCUT2D eigenvalue weighted by Gasteiger charge is -1.88. The number of nitrogens with zero attached hydrogens (tertiary/aromatic N) is 3. The minimum absolute atomic E-state index is 0.211. The summed E-state index contributed by atoms with van der Waals surface area (Å²) in [6, 6.07) is 0. The van der Waals surface area contributed by atoms with Gasteiger partial charge in [-0.25, -0.2) is 4.68 Å². The molecular formula is C7H10FN3O. The molecule has 1 rings (SSSR count). The first kappa shape index (κ1) is 8.83. The zero-order valence-corrected chi connectivity index (χ0v) is 6.61. The average molecular weight is 171 g/mol. The van der Waals surface area contributed by atoms with Crippen LogP contribution in [0.4, 0.5) is 4.39 Å². The molecule has 5 heteroatoms. The normalized spacial score (nSPS) is 10.1. The van der Waals surface area contributed by atoms with Crippen molar-refractivity contribution in [3.63, 3.8) is 0 Å². The Morgan fingerprint density at radius 3 is 3.17 bits per heavy atom. The quantitative estimate of drug-likeness (QED) is 0.602. The van der Waals surface area contributed by atoms with Crippen molar-refractivity contribution in [3.8, 4) is 0 Å². The van der Waals surface area contributed by atoms with Crippen LogP contribution in [0.2, 0.25) is 0 Å². The van der Waals surface area contributed by atoms with Gasteiger partial charge in [0.1, 0.15) is 6.29 Å². The second kappa shape index (κ2) is 4.58. The van der Waals surface area contributed by atoms with Crippen LogP contribution in [0.3, 0.4) is 0 Å². The van der Waals surface area contributed by atoms with Crippen molar-refractivity contribution in [2.45, 2.75) is 19.4 Å². The van der Waals surface area contributed by atoms with E-state index in [2.05, 4.69) is 10.3 Å².